The van der Waals surface area contributed by atoms with E-state index in [9.17, 15) is 24.5 Å². The van der Waals surface area contributed by atoms with Gasteiger partial charge in [-0.3, -0.25) is 29.4 Å². The number of hydrogen-bond donors (Lipinski definition) is 0. The van der Waals surface area contributed by atoms with Gasteiger partial charge in [0.25, 0.3) is 17.5 Å². The van der Waals surface area contributed by atoms with Crippen LogP contribution in [0.5, 0.6) is 5.75 Å². The Hall–Kier alpha value is -3.26. The fourth-order valence-electron chi connectivity index (χ4n) is 2.58. The van der Waals surface area contributed by atoms with E-state index in [0.29, 0.717) is 0 Å². The van der Waals surface area contributed by atoms with Gasteiger partial charge in [0, 0.05) is 12.6 Å². The standard InChI is InChI=1S/C17H11ClN2O6/c18-11-5-1-2-7-13(11)26-14(21)8-9-19-16(22)10-4-3-6-12(20(24)25)15(10)17(19)23/h1-7H,8-9H2. The number of rotatable bonds is 5. The smallest absolute Gasteiger partial charge is 0.313 e. The zero-order chi connectivity index (χ0) is 18.8. The van der Waals surface area contributed by atoms with Crippen LogP contribution in [0.1, 0.15) is 27.1 Å². The average molecular weight is 375 g/mol. The molecule has 0 radical (unpaired) electrons. The first-order chi connectivity index (χ1) is 12.4. The van der Waals surface area contributed by atoms with Gasteiger partial charge in [0.2, 0.25) is 0 Å². The predicted molar refractivity (Wildman–Crippen MR) is 90.2 cm³/mol. The van der Waals surface area contributed by atoms with E-state index in [1.807, 2.05) is 0 Å². The summed E-state index contributed by atoms with van der Waals surface area (Å²) in [6.07, 6.45) is -0.273. The Morgan fingerprint density at radius 1 is 1.12 bits per heavy atom. The number of imide groups is 1. The van der Waals surface area contributed by atoms with Crippen LogP contribution in [-0.4, -0.2) is 34.2 Å². The summed E-state index contributed by atoms with van der Waals surface area (Å²) in [7, 11) is 0. The van der Waals surface area contributed by atoms with Gasteiger partial charge in [0.15, 0.2) is 0 Å². The summed E-state index contributed by atoms with van der Waals surface area (Å²) in [4.78, 5) is 47.8. The van der Waals surface area contributed by atoms with Crippen LogP contribution >= 0.6 is 11.6 Å². The van der Waals surface area contributed by atoms with Crippen LogP contribution in [0.15, 0.2) is 42.5 Å². The molecular formula is C17H11ClN2O6. The maximum atomic E-state index is 12.4. The Balaban J connectivity index is 1.72. The monoisotopic (exact) mass is 374 g/mol. The minimum Gasteiger partial charge on any atom is -0.425 e. The van der Waals surface area contributed by atoms with Crippen molar-refractivity contribution < 1.29 is 24.0 Å². The molecule has 2 aromatic carbocycles. The fourth-order valence-corrected chi connectivity index (χ4v) is 2.75. The van der Waals surface area contributed by atoms with Crippen LogP contribution in [0.25, 0.3) is 0 Å². The molecule has 2 aromatic rings. The minimum absolute atomic E-state index is 0.0522. The second kappa shape index (κ2) is 6.93. The van der Waals surface area contributed by atoms with E-state index in [1.165, 1.54) is 18.2 Å². The highest BCUT2D eigenvalue weighted by molar-refractivity contribution is 6.32. The topological polar surface area (TPSA) is 107 Å². The lowest BCUT2D eigenvalue weighted by Gasteiger charge is -2.13. The number of nitro benzene ring substituents is 1. The number of benzene rings is 2. The Morgan fingerprint density at radius 2 is 1.85 bits per heavy atom. The van der Waals surface area contributed by atoms with E-state index < -0.39 is 28.4 Å². The third kappa shape index (κ3) is 3.14. The Kier molecular flexibility index (Phi) is 4.68. The molecule has 3 rings (SSSR count). The Morgan fingerprint density at radius 3 is 2.54 bits per heavy atom. The molecule has 0 aromatic heterocycles. The van der Waals surface area contributed by atoms with Crippen LogP contribution in [0.2, 0.25) is 5.02 Å². The summed E-state index contributed by atoms with van der Waals surface area (Å²) < 4.78 is 5.09. The molecule has 1 aliphatic heterocycles. The second-order valence-corrected chi connectivity index (χ2v) is 5.78. The number of carbonyl (C=O) groups is 3. The van der Waals surface area contributed by atoms with Crippen molar-refractivity contribution >= 4 is 35.1 Å². The SMILES string of the molecule is O=C(CCN1C(=O)c2cccc([N+](=O)[O-])c2C1=O)Oc1ccccc1Cl. The summed E-state index contributed by atoms with van der Waals surface area (Å²) in [6.45, 7) is -0.257. The maximum absolute atomic E-state index is 12.4. The number of para-hydroxylation sites is 1. The Labute approximate surface area is 152 Å². The third-order valence-corrected chi connectivity index (χ3v) is 4.09. The summed E-state index contributed by atoms with van der Waals surface area (Å²) in [6, 6.07) is 10.2. The molecule has 1 aliphatic rings. The normalized spacial score (nSPS) is 12.9. The minimum atomic E-state index is -0.803. The van der Waals surface area contributed by atoms with Crippen LogP contribution in [0, 0.1) is 10.1 Å². The summed E-state index contributed by atoms with van der Waals surface area (Å²) >= 11 is 5.89. The predicted octanol–water partition coefficient (Wildman–Crippen LogP) is 2.84. The molecule has 132 valence electrons. The van der Waals surface area contributed by atoms with Gasteiger partial charge in [-0.1, -0.05) is 29.8 Å². The number of nitro groups is 1. The average Bonchev–Trinajstić information content (AvgIpc) is 2.86. The van der Waals surface area contributed by atoms with Crippen molar-refractivity contribution in [3.05, 3.63) is 68.7 Å². The first kappa shape index (κ1) is 17.6. The van der Waals surface area contributed by atoms with Crippen molar-refractivity contribution in [3.63, 3.8) is 0 Å². The van der Waals surface area contributed by atoms with E-state index in [2.05, 4.69) is 0 Å². The molecule has 0 unspecified atom stereocenters. The van der Waals surface area contributed by atoms with E-state index in [0.717, 1.165) is 11.0 Å². The summed E-state index contributed by atoms with van der Waals surface area (Å²) in [5.41, 5.74) is -0.757. The molecular weight excluding hydrogens is 364 g/mol. The van der Waals surface area contributed by atoms with Crippen LogP contribution < -0.4 is 4.74 Å². The number of nitrogens with zero attached hydrogens (tertiary/aromatic N) is 2. The Bertz CT molecular complexity index is 943. The van der Waals surface area contributed by atoms with E-state index in [4.69, 9.17) is 16.3 Å². The molecule has 1 heterocycles. The molecule has 0 saturated carbocycles. The van der Waals surface area contributed by atoms with Gasteiger partial charge >= 0.3 is 5.97 Å². The molecule has 0 fully saturated rings. The molecule has 0 aliphatic carbocycles. The molecule has 0 spiro atoms. The quantitative estimate of drug-likeness (QED) is 0.262. The number of carbonyl (C=O) groups excluding carboxylic acids is 3. The fraction of sp³-hybridized carbons (Fsp3) is 0.118. The van der Waals surface area contributed by atoms with Crippen LogP contribution in [0.4, 0.5) is 5.69 Å². The summed E-state index contributed by atoms with van der Waals surface area (Å²) in [5.74, 6) is -2.01. The van der Waals surface area contributed by atoms with Crippen molar-refractivity contribution in [3.8, 4) is 5.75 Å². The van der Waals surface area contributed by atoms with Gasteiger partial charge in [-0.15, -0.1) is 0 Å². The first-order valence-corrected chi connectivity index (χ1v) is 7.86. The summed E-state index contributed by atoms with van der Waals surface area (Å²) in [5, 5.41) is 11.3. The number of fused-ring (bicyclic) bond motifs is 1. The van der Waals surface area contributed by atoms with Gasteiger partial charge in [0.05, 0.1) is 21.9 Å². The van der Waals surface area contributed by atoms with E-state index >= 15 is 0 Å². The van der Waals surface area contributed by atoms with Crippen molar-refractivity contribution in [2.45, 2.75) is 6.42 Å². The molecule has 0 saturated heterocycles. The van der Waals surface area contributed by atoms with Crippen LogP contribution in [-0.2, 0) is 4.79 Å². The number of halogens is 1. The molecule has 26 heavy (non-hydrogen) atoms. The van der Waals surface area contributed by atoms with Gasteiger partial charge in [-0.05, 0) is 18.2 Å². The molecule has 0 N–H and O–H groups in total. The van der Waals surface area contributed by atoms with Gasteiger partial charge in [-0.25, -0.2) is 0 Å². The van der Waals surface area contributed by atoms with Gasteiger partial charge in [0.1, 0.15) is 11.3 Å². The molecule has 9 heteroatoms. The zero-order valence-corrected chi connectivity index (χ0v) is 13.9. The molecule has 0 atom stereocenters. The number of amides is 2. The number of esters is 1. The highest BCUT2D eigenvalue weighted by atomic mass is 35.5. The van der Waals surface area contributed by atoms with Crippen molar-refractivity contribution in [2.24, 2.45) is 0 Å². The first-order valence-electron chi connectivity index (χ1n) is 7.49. The molecule has 2 amide bonds. The maximum Gasteiger partial charge on any atom is 0.313 e. The highest BCUT2D eigenvalue weighted by Gasteiger charge is 2.40. The third-order valence-electron chi connectivity index (χ3n) is 3.77. The highest BCUT2D eigenvalue weighted by Crippen LogP contribution is 2.31. The number of ether oxygens (including phenoxy) is 1. The number of hydrogen-bond acceptors (Lipinski definition) is 6. The van der Waals surface area contributed by atoms with E-state index in [1.54, 1.807) is 18.2 Å². The lowest BCUT2D eigenvalue weighted by atomic mass is 10.1. The van der Waals surface area contributed by atoms with E-state index in [-0.39, 0.29) is 34.9 Å². The zero-order valence-electron chi connectivity index (χ0n) is 13.2. The van der Waals surface area contributed by atoms with Crippen molar-refractivity contribution in [1.82, 2.24) is 4.90 Å². The van der Waals surface area contributed by atoms with Crippen molar-refractivity contribution in [2.75, 3.05) is 6.54 Å². The van der Waals surface area contributed by atoms with Crippen LogP contribution in [0.3, 0.4) is 0 Å². The lowest BCUT2D eigenvalue weighted by molar-refractivity contribution is -0.385. The second-order valence-electron chi connectivity index (χ2n) is 5.37. The van der Waals surface area contributed by atoms with Gasteiger partial charge in [-0.2, -0.15) is 0 Å². The van der Waals surface area contributed by atoms with Crippen molar-refractivity contribution in [1.29, 1.82) is 0 Å². The van der Waals surface area contributed by atoms with Gasteiger partial charge < -0.3 is 4.74 Å². The molecule has 8 nitrogen and oxygen atoms in total. The lowest BCUT2D eigenvalue weighted by Crippen LogP contribution is -2.32. The largest absolute Gasteiger partial charge is 0.425 e. The molecule has 0 bridgehead atoms.